The van der Waals surface area contributed by atoms with E-state index in [0.717, 1.165) is 4.88 Å². The van der Waals surface area contributed by atoms with E-state index < -0.39 is 12.0 Å². The number of benzene rings is 1. The Kier molecular flexibility index (Phi) is 4.40. The second-order valence-electron chi connectivity index (χ2n) is 5.54. The molecule has 1 heterocycles. The van der Waals surface area contributed by atoms with Gasteiger partial charge in [-0.3, -0.25) is 10.1 Å². The normalized spacial score (nSPS) is 16.2. The van der Waals surface area contributed by atoms with Crippen LogP contribution in [0.25, 0.3) is 0 Å². The van der Waals surface area contributed by atoms with Crippen LogP contribution in [0.4, 0.5) is 0 Å². The van der Waals surface area contributed by atoms with Crippen molar-refractivity contribution in [3.05, 3.63) is 45.9 Å². The van der Waals surface area contributed by atoms with Gasteiger partial charge in [-0.1, -0.05) is 18.6 Å². The number of carboxylic acids is 1. The summed E-state index contributed by atoms with van der Waals surface area (Å²) in [5, 5.41) is 22.9. The van der Waals surface area contributed by atoms with Gasteiger partial charge in [-0.25, -0.2) is 4.98 Å². The van der Waals surface area contributed by atoms with E-state index in [9.17, 15) is 15.0 Å². The number of rotatable bonds is 6. The number of carboxylic acid groups (broad SMARTS) is 1. The summed E-state index contributed by atoms with van der Waals surface area (Å²) >= 11 is 1.66. The summed E-state index contributed by atoms with van der Waals surface area (Å²) in [5.74, 6) is -0.207. The molecule has 3 rings (SSSR count). The van der Waals surface area contributed by atoms with E-state index in [1.807, 2.05) is 6.20 Å². The quantitative estimate of drug-likeness (QED) is 0.762. The number of thiazole rings is 1. The Hall–Kier alpha value is -1.92. The molecule has 2 aromatic rings. The number of nitrogens with one attached hydrogen (secondary N) is 1. The predicted molar refractivity (Wildman–Crippen MR) is 84.0 cm³/mol. The van der Waals surface area contributed by atoms with Crippen molar-refractivity contribution in [3.8, 4) is 5.75 Å². The van der Waals surface area contributed by atoms with E-state index in [0.29, 0.717) is 18.0 Å². The van der Waals surface area contributed by atoms with Gasteiger partial charge in [0, 0.05) is 23.5 Å². The Morgan fingerprint density at radius 3 is 2.68 bits per heavy atom. The van der Waals surface area contributed by atoms with E-state index in [-0.39, 0.29) is 5.75 Å². The first kappa shape index (κ1) is 15.0. The van der Waals surface area contributed by atoms with Crippen molar-refractivity contribution in [2.24, 2.45) is 0 Å². The minimum Gasteiger partial charge on any atom is -0.508 e. The SMILES string of the molecule is O=C(O)[C@H](NCc1cnc(C2CCC2)s1)c1ccc(O)cc1. The summed E-state index contributed by atoms with van der Waals surface area (Å²) in [6, 6.07) is 5.43. The lowest BCUT2D eigenvalue weighted by molar-refractivity contribution is -0.139. The number of hydrogen-bond acceptors (Lipinski definition) is 5. The van der Waals surface area contributed by atoms with Crippen molar-refractivity contribution in [1.29, 1.82) is 0 Å². The number of aromatic nitrogens is 1. The topological polar surface area (TPSA) is 82.5 Å². The highest BCUT2D eigenvalue weighted by Gasteiger charge is 2.23. The van der Waals surface area contributed by atoms with Crippen LogP contribution in [0.15, 0.2) is 30.5 Å². The van der Waals surface area contributed by atoms with Gasteiger partial charge in [0.1, 0.15) is 11.8 Å². The van der Waals surface area contributed by atoms with E-state index in [2.05, 4.69) is 10.3 Å². The summed E-state index contributed by atoms with van der Waals surface area (Å²) in [6.07, 6.45) is 5.54. The molecule has 0 aliphatic heterocycles. The maximum Gasteiger partial charge on any atom is 0.325 e. The zero-order valence-corrected chi connectivity index (χ0v) is 12.8. The number of nitrogens with zero attached hydrogens (tertiary/aromatic N) is 1. The molecule has 0 radical (unpaired) electrons. The summed E-state index contributed by atoms with van der Waals surface area (Å²) in [7, 11) is 0. The summed E-state index contributed by atoms with van der Waals surface area (Å²) < 4.78 is 0. The third kappa shape index (κ3) is 3.28. The van der Waals surface area contributed by atoms with Gasteiger partial charge in [0.15, 0.2) is 0 Å². The molecule has 1 aromatic heterocycles. The summed E-state index contributed by atoms with van der Waals surface area (Å²) in [4.78, 5) is 16.9. The second kappa shape index (κ2) is 6.46. The number of carbonyl (C=O) groups is 1. The highest BCUT2D eigenvalue weighted by atomic mass is 32.1. The molecule has 22 heavy (non-hydrogen) atoms. The van der Waals surface area contributed by atoms with Crippen molar-refractivity contribution in [3.63, 3.8) is 0 Å². The molecular weight excluding hydrogens is 300 g/mol. The van der Waals surface area contributed by atoms with Gasteiger partial charge in [-0.05, 0) is 30.5 Å². The van der Waals surface area contributed by atoms with Crippen LogP contribution in [0.2, 0.25) is 0 Å². The van der Waals surface area contributed by atoms with Crippen LogP contribution >= 0.6 is 11.3 Å². The molecule has 1 atom stereocenters. The molecule has 3 N–H and O–H groups in total. The van der Waals surface area contributed by atoms with Gasteiger partial charge in [0.25, 0.3) is 0 Å². The van der Waals surface area contributed by atoms with Crippen molar-refractivity contribution in [2.75, 3.05) is 0 Å². The molecule has 5 nitrogen and oxygen atoms in total. The van der Waals surface area contributed by atoms with Crippen LogP contribution in [0.1, 0.15) is 46.7 Å². The molecule has 0 spiro atoms. The third-order valence-electron chi connectivity index (χ3n) is 3.98. The van der Waals surface area contributed by atoms with E-state index >= 15 is 0 Å². The smallest absolute Gasteiger partial charge is 0.325 e. The Labute approximate surface area is 132 Å². The number of aliphatic carboxylic acids is 1. The van der Waals surface area contributed by atoms with Gasteiger partial charge in [0.05, 0.1) is 5.01 Å². The Morgan fingerprint density at radius 1 is 1.36 bits per heavy atom. The summed E-state index contributed by atoms with van der Waals surface area (Å²) in [5.41, 5.74) is 0.619. The van der Waals surface area contributed by atoms with E-state index in [1.54, 1.807) is 23.5 Å². The maximum atomic E-state index is 11.4. The number of phenols is 1. The molecule has 1 saturated carbocycles. The first-order chi connectivity index (χ1) is 10.6. The lowest BCUT2D eigenvalue weighted by Gasteiger charge is -2.22. The molecule has 1 aromatic carbocycles. The highest BCUT2D eigenvalue weighted by molar-refractivity contribution is 7.11. The maximum absolute atomic E-state index is 11.4. The highest BCUT2D eigenvalue weighted by Crippen LogP contribution is 2.38. The molecule has 1 aliphatic rings. The zero-order valence-electron chi connectivity index (χ0n) is 12.0. The molecule has 1 fully saturated rings. The van der Waals surface area contributed by atoms with Gasteiger partial charge in [-0.15, -0.1) is 11.3 Å². The summed E-state index contributed by atoms with van der Waals surface area (Å²) in [6.45, 7) is 0.474. The number of phenolic OH excluding ortho intramolecular Hbond substituents is 1. The first-order valence-electron chi connectivity index (χ1n) is 7.33. The monoisotopic (exact) mass is 318 g/mol. The van der Waals surface area contributed by atoms with Crippen molar-refractivity contribution in [1.82, 2.24) is 10.3 Å². The lowest BCUT2D eigenvalue weighted by atomic mass is 9.86. The van der Waals surface area contributed by atoms with Crippen LogP contribution in [0.5, 0.6) is 5.75 Å². The predicted octanol–water partition coefficient (Wildman–Crippen LogP) is 3.03. The Morgan fingerprint density at radius 2 is 2.09 bits per heavy atom. The molecule has 0 amide bonds. The number of aromatic hydroxyl groups is 1. The molecule has 0 saturated heterocycles. The standard InChI is InChI=1S/C16H18N2O3S/c19-12-6-4-10(5-7-12)14(16(20)21)17-8-13-9-18-15(22-13)11-2-1-3-11/h4-7,9,11,14,17,19H,1-3,8H2,(H,20,21)/t14-/m1/s1. The molecule has 6 heteroatoms. The van der Waals surface area contributed by atoms with Crippen molar-refractivity contribution < 1.29 is 15.0 Å². The average molecular weight is 318 g/mol. The van der Waals surface area contributed by atoms with Gasteiger partial charge < -0.3 is 10.2 Å². The van der Waals surface area contributed by atoms with Crippen molar-refractivity contribution in [2.45, 2.75) is 37.8 Å². The van der Waals surface area contributed by atoms with E-state index in [4.69, 9.17) is 0 Å². The fourth-order valence-corrected chi connectivity index (χ4v) is 3.50. The molecule has 1 aliphatic carbocycles. The third-order valence-corrected chi connectivity index (χ3v) is 5.14. The minimum absolute atomic E-state index is 0.125. The van der Waals surface area contributed by atoms with Crippen LogP contribution in [0, 0.1) is 0 Å². The van der Waals surface area contributed by atoms with Crippen LogP contribution in [-0.2, 0) is 11.3 Å². The van der Waals surface area contributed by atoms with Crippen LogP contribution in [0.3, 0.4) is 0 Å². The second-order valence-corrected chi connectivity index (χ2v) is 6.68. The first-order valence-corrected chi connectivity index (χ1v) is 8.15. The van der Waals surface area contributed by atoms with Crippen LogP contribution < -0.4 is 5.32 Å². The average Bonchev–Trinajstić information content (AvgIpc) is 2.87. The van der Waals surface area contributed by atoms with Gasteiger partial charge in [-0.2, -0.15) is 0 Å². The Balaban J connectivity index is 1.65. The minimum atomic E-state index is -0.936. The number of hydrogen-bond donors (Lipinski definition) is 3. The zero-order chi connectivity index (χ0) is 15.5. The fourth-order valence-electron chi connectivity index (χ4n) is 2.47. The van der Waals surface area contributed by atoms with Crippen molar-refractivity contribution >= 4 is 17.3 Å². The largest absolute Gasteiger partial charge is 0.508 e. The van der Waals surface area contributed by atoms with Gasteiger partial charge >= 0.3 is 5.97 Å². The molecule has 0 bridgehead atoms. The Bertz CT molecular complexity index is 650. The van der Waals surface area contributed by atoms with E-state index in [1.165, 1.54) is 36.4 Å². The molecule has 0 unspecified atom stereocenters. The van der Waals surface area contributed by atoms with Gasteiger partial charge in [0.2, 0.25) is 0 Å². The molecule has 116 valence electrons. The molecular formula is C16H18N2O3S. The fraction of sp³-hybridized carbons (Fsp3) is 0.375. The van der Waals surface area contributed by atoms with Crippen LogP contribution in [-0.4, -0.2) is 21.2 Å². The lowest BCUT2D eigenvalue weighted by Crippen LogP contribution is -2.27.